The largest absolute Gasteiger partial charge is 0.349 e. The first-order valence-corrected chi connectivity index (χ1v) is 7.61. The molecule has 106 valence electrons. The van der Waals surface area contributed by atoms with Crippen LogP contribution in [0.1, 0.15) is 39.5 Å². The minimum atomic E-state index is 0.350. The van der Waals surface area contributed by atoms with Crippen molar-refractivity contribution in [1.29, 1.82) is 0 Å². The quantitative estimate of drug-likeness (QED) is 0.886. The van der Waals surface area contributed by atoms with E-state index in [2.05, 4.69) is 41.4 Å². The number of nitrogens with zero attached hydrogens (tertiary/aromatic N) is 3. The number of anilines is 1. The molecule has 0 aromatic carbocycles. The van der Waals surface area contributed by atoms with Crippen LogP contribution in [0.2, 0.25) is 0 Å². The van der Waals surface area contributed by atoms with Gasteiger partial charge in [0.25, 0.3) is 0 Å². The Labute approximate surface area is 116 Å². The number of hydrogen-bond acceptors (Lipinski definition) is 3. The van der Waals surface area contributed by atoms with Gasteiger partial charge in [0.15, 0.2) is 5.82 Å². The van der Waals surface area contributed by atoms with E-state index in [1.165, 1.54) is 25.7 Å². The molecule has 4 nitrogen and oxygen atoms in total. The highest BCUT2D eigenvalue weighted by Crippen LogP contribution is 2.35. The van der Waals surface area contributed by atoms with Gasteiger partial charge in [-0.25, -0.2) is 0 Å². The zero-order valence-corrected chi connectivity index (χ0v) is 12.4. The number of nitrogens with one attached hydrogen (secondary N) is 1. The molecule has 19 heavy (non-hydrogen) atoms. The van der Waals surface area contributed by atoms with Crippen LogP contribution >= 0.6 is 0 Å². The predicted octanol–water partition coefficient (Wildman–Crippen LogP) is 2.17. The molecule has 2 fully saturated rings. The molecule has 1 aromatic heterocycles. The number of aryl methyl sites for hydroxylation is 1. The Morgan fingerprint density at radius 3 is 2.68 bits per heavy atom. The molecule has 2 aliphatic rings. The zero-order chi connectivity index (χ0) is 13.5. The molecule has 0 amide bonds. The normalized spacial score (nSPS) is 26.5. The van der Waals surface area contributed by atoms with Crippen molar-refractivity contribution in [2.45, 2.75) is 51.1 Å². The summed E-state index contributed by atoms with van der Waals surface area (Å²) in [7, 11) is 2.00. The topological polar surface area (TPSA) is 33.1 Å². The first-order chi connectivity index (χ1) is 9.10. The third-order valence-electron chi connectivity index (χ3n) is 4.88. The maximum absolute atomic E-state index is 4.64. The maximum Gasteiger partial charge on any atom is 0.150 e. The van der Waals surface area contributed by atoms with E-state index in [4.69, 9.17) is 0 Å². The zero-order valence-electron chi connectivity index (χ0n) is 12.4. The molecule has 1 saturated carbocycles. The number of piperazine rings is 1. The minimum absolute atomic E-state index is 0.350. The lowest BCUT2D eigenvalue weighted by molar-refractivity contribution is 0.244. The molecule has 4 heteroatoms. The predicted molar refractivity (Wildman–Crippen MR) is 78.4 cm³/mol. The van der Waals surface area contributed by atoms with Crippen LogP contribution in [0.15, 0.2) is 12.3 Å². The first-order valence-electron chi connectivity index (χ1n) is 7.61. The fourth-order valence-electron chi connectivity index (χ4n) is 3.72. The summed E-state index contributed by atoms with van der Waals surface area (Å²) in [6.45, 7) is 6.84. The van der Waals surface area contributed by atoms with Crippen LogP contribution in [0.3, 0.4) is 0 Å². The third-order valence-corrected chi connectivity index (χ3v) is 4.88. The monoisotopic (exact) mass is 262 g/mol. The van der Waals surface area contributed by atoms with E-state index in [1.54, 1.807) is 0 Å². The number of hydrogen-bond donors (Lipinski definition) is 1. The average molecular weight is 262 g/mol. The molecule has 1 atom stereocenters. The van der Waals surface area contributed by atoms with Gasteiger partial charge in [-0.1, -0.05) is 26.7 Å². The highest BCUT2D eigenvalue weighted by Gasteiger charge is 2.42. The Morgan fingerprint density at radius 1 is 1.37 bits per heavy atom. The van der Waals surface area contributed by atoms with E-state index >= 15 is 0 Å². The molecule has 1 unspecified atom stereocenters. The lowest BCUT2D eigenvalue weighted by Gasteiger charge is -2.48. The highest BCUT2D eigenvalue weighted by atomic mass is 15.4. The smallest absolute Gasteiger partial charge is 0.150 e. The van der Waals surface area contributed by atoms with Gasteiger partial charge < -0.3 is 10.2 Å². The van der Waals surface area contributed by atoms with Gasteiger partial charge in [0.05, 0.1) is 0 Å². The number of rotatable bonds is 2. The van der Waals surface area contributed by atoms with Crippen molar-refractivity contribution in [3.8, 4) is 0 Å². The van der Waals surface area contributed by atoms with Gasteiger partial charge in [0.1, 0.15) is 0 Å². The Hall–Kier alpha value is -1.03. The van der Waals surface area contributed by atoms with Gasteiger partial charge in [-0.2, -0.15) is 5.10 Å². The van der Waals surface area contributed by atoms with Crippen LogP contribution < -0.4 is 10.2 Å². The first kappa shape index (κ1) is 13.0. The van der Waals surface area contributed by atoms with E-state index in [0.717, 1.165) is 18.9 Å². The minimum Gasteiger partial charge on any atom is -0.349 e. The van der Waals surface area contributed by atoms with Crippen LogP contribution in [-0.4, -0.2) is 34.5 Å². The van der Waals surface area contributed by atoms with E-state index in [0.29, 0.717) is 17.5 Å². The van der Waals surface area contributed by atoms with Gasteiger partial charge in [-0.15, -0.1) is 0 Å². The molecule has 1 saturated heterocycles. The Balaban J connectivity index is 1.86. The Morgan fingerprint density at radius 2 is 2.11 bits per heavy atom. The lowest BCUT2D eigenvalue weighted by atomic mass is 9.89. The van der Waals surface area contributed by atoms with Crippen molar-refractivity contribution in [3.05, 3.63) is 12.3 Å². The molecule has 1 aliphatic carbocycles. The molecule has 2 heterocycles. The van der Waals surface area contributed by atoms with Crippen molar-refractivity contribution >= 4 is 5.82 Å². The fourth-order valence-corrected chi connectivity index (χ4v) is 3.72. The van der Waals surface area contributed by atoms with E-state index < -0.39 is 0 Å². The summed E-state index contributed by atoms with van der Waals surface area (Å²) in [6, 6.07) is 2.71. The van der Waals surface area contributed by atoms with Gasteiger partial charge in [0, 0.05) is 44.0 Å². The van der Waals surface area contributed by atoms with Crippen molar-refractivity contribution < 1.29 is 0 Å². The molecular formula is C15H26N4. The summed E-state index contributed by atoms with van der Waals surface area (Å²) >= 11 is 0. The Kier molecular flexibility index (Phi) is 3.29. The van der Waals surface area contributed by atoms with Crippen LogP contribution in [0.5, 0.6) is 0 Å². The summed E-state index contributed by atoms with van der Waals surface area (Å²) < 4.78 is 1.91. The van der Waals surface area contributed by atoms with Crippen molar-refractivity contribution in [2.24, 2.45) is 13.0 Å². The second-order valence-corrected chi connectivity index (χ2v) is 6.66. The molecule has 1 aromatic rings. The standard InChI is InChI=1S/C15H26N4/c1-12(2)13-10-16-15(7-4-5-8-15)11-19(13)14-6-9-18(3)17-14/h6,9,12-13,16H,4-5,7-8,10-11H2,1-3H3. The molecular weight excluding hydrogens is 236 g/mol. The summed E-state index contributed by atoms with van der Waals surface area (Å²) in [5, 5.41) is 8.49. The van der Waals surface area contributed by atoms with Crippen LogP contribution in [-0.2, 0) is 7.05 Å². The number of aromatic nitrogens is 2. The molecule has 0 bridgehead atoms. The summed E-state index contributed by atoms with van der Waals surface area (Å²) in [5.74, 6) is 1.79. The van der Waals surface area contributed by atoms with E-state index in [1.807, 2.05) is 11.7 Å². The average Bonchev–Trinajstić information content (AvgIpc) is 2.99. The van der Waals surface area contributed by atoms with Gasteiger partial charge in [-0.3, -0.25) is 4.68 Å². The Bertz CT molecular complexity index is 431. The van der Waals surface area contributed by atoms with Crippen LogP contribution in [0.25, 0.3) is 0 Å². The van der Waals surface area contributed by atoms with Crippen molar-refractivity contribution in [2.75, 3.05) is 18.0 Å². The molecule has 3 rings (SSSR count). The highest BCUT2D eigenvalue weighted by molar-refractivity contribution is 5.41. The van der Waals surface area contributed by atoms with Crippen LogP contribution in [0.4, 0.5) is 5.82 Å². The van der Waals surface area contributed by atoms with E-state index in [9.17, 15) is 0 Å². The summed E-state index contributed by atoms with van der Waals surface area (Å²) in [4.78, 5) is 2.55. The van der Waals surface area contributed by atoms with Gasteiger partial charge >= 0.3 is 0 Å². The fraction of sp³-hybridized carbons (Fsp3) is 0.800. The van der Waals surface area contributed by atoms with Gasteiger partial charge in [-0.05, 0) is 18.8 Å². The third kappa shape index (κ3) is 2.38. The summed E-state index contributed by atoms with van der Waals surface area (Å²) in [6.07, 6.45) is 7.43. The van der Waals surface area contributed by atoms with E-state index in [-0.39, 0.29) is 0 Å². The second-order valence-electron chi connectivity index (χ2n) is 6.66. The van der Waals surface area contributed by atoms with Crippen molar-refractivity contribution in [3.63, 3.8) is 0 Å². The molecule has 1 N–H and O–H groups in total. The molecule has 1 spiro atoms. The van der Waals surface area contributed by atoms with Crippen LogP contribution in [0, 0.1) is 5.92 Å². The lowest BCUT2D eigenvalue weighted by Crippen LogP contribution is -2.64. The SMILES string of the molecule is CC(C)C1CNC2(CCCC2)CN1c1ccn(C)n1. The molecule has 1 aliphatic heterocycles. The second kappa shape index (κ2) is 4.82. The van der Waals surface area contributed by atoms with Crippen molar-refractivity contribution in [1.82, 2.24) is 15.1 Å². The maximum atomic E-state index is 4.64. The summed E-state index contributed by atoms with van der Waals surface area (Å²) in [5.41, 5.74) is 0.350. The van der Waals surface area contributed by atoms with Gasteiger partial charge in [0.2, 0.25) is 0 Å². The molecule has 0 radical (unpaired) electrons.